The molecule has 0 saturated heterocycles. The van der Waals surface area contributed by atoms with Crippen molar-refractivity contribution in [3.63, 3.8) is 0 Å². The molecule has 1 aliphatic heterocycles. The molecule has 1 heterocycles. The summed E-state index contributed by atoms with van der Waals surface area (Å²) in [5, 5.41) is 0. The fraction of sp³-hybridized carbons (Fsp3) is 0.100. The third-order valence-corrected chi connectivity index (χ3v) is 4.86. The molecule has 0 unspecified atom stereocenters. The van der Waals surface area contributed by atoms with Crippen LogP contribution in [0.3, 0.4) is 0 Å². The Kier molecular flexibility index (Phi) is 4.67. The summed E-state index contributed by atoms with van der Waals surface area (Å²) in [6, 6.07) is 6.38. The van der Waals surface area contributed by atoms with E-state index in [4.69, 9.17) is 0 Å². The molecule has 1 nitrogen and oxygen atoms in total. The first kappa shape index (κ1) is 20.1. The number of halogens is 9. The first-order valence-electron chi connectivity index (χ1n) is 8.34. The number of hydrogen-bond acceptors (Lipinski definition) is 1. The first-order chi connectivity index (χ1) is 14.1. The Hall–Kier alpha value is -3.17. The van der Waals surface area contributed by atoms with E-state index >= 15 is 0 Å². The summed E-state index contributed by atoms with van der Waals surface area (Å²) in [6.07, 6.45) is 0. The molecule has 0 radical (unpaired) electrons. The van der Waals surface area contributed by atoms with Crippen molar-refractivity contribution < 1.29 is 39.5 Å². The minimum absolute atomic E-state index is 0.208. The Bertz CT molecular complexity index is 1150. The molecule has 0 fully saturated rings. The maximum atomic E-state index is 14.7. The molecule has 0 saturated carbocycles. The van der Waals surface area contributed by atoms with Gasteiger partial charge in [0, 0.05) is 13.1 Å². The number of benzene rings is 3. The largest absolute Gasteiger partial charge is 0.360 e. The van der Waals surface area contributed by atoms with Gasteiger partial charge in [0.1, 0.15) is 0 Å². The Morgan fingerprint density at radius 1 is 0.467 bits per heavy atom. The van der Waals surface area contributed by atoms with E-state index in [9.17, 15) is 39.5 Å². The second-order valence-electron chi connectivity index (χ2n) is 6.55. The molecule has 10 heteroatoms. The second kappa shape index (κ2) is 6.96. The van der Waals surface area contributed by atoms with Crippen molar-refractivity contribution in [1.82, 2.24) is 0 Å². The van der Waals surface area contributed by atoms with Crippen LogP contribution < -0.4 is 4.90 Å². The SMILES string of the molecule is Fc1c(F)c(F)c(-c2c(F)c(F)c(F)c(F)c2N2Cc3ccccc3C2)c(F)c1F. The van der Waals surface area contributed by atoms with E-state index in [1.54, 1.807) is 24.3 Å². The molecule has 4 rings (SSSR count). The van der Waals surface area contributed by atoms with Gasteiger partial charge in [-0.1, -0.05) is 24.3 Å². The van der Waals surface area contributed by atoms with E-state index in [1.165, 1.54) is 0 Å². The number of rotatable bonds is 2. The molecular formula is C20H8F9N. The van der Waals surface area contributed by atoms with E-state index in [0.717, 1.165) is 4.90 Å². The predicted molar refractivity (Wildman–Crippen MR) is 87.8 cm³/mol. The van der Waals surface area contributed by atoms with E-state index in [0.29, 0.717) is 11.1 Å². The number of anilines is 1. The lowest BCUT2D eigenvalue weighted by atomic mass is 9.99. The van der Waals surface area contributed by atoms with E-state index in [1.807, 2.05) is 0 Å². The molecule has 0 amide bonds. The van der Waals surface area contributed by atoms with Crippen LogP contribution in [0.2, 0.25) is 0 Å². The van der Waals surface area contributed by atoms with Crippen LogP contribution in [0.1, 0.15) is 11.1 Å². The molecule has 0 N–H and O–H groups in total. The summed E-state index contributed by atoms with van der Waals surface area (Å²) >= 11 is 0. The highest BCUT2D eigenvalue weighted by Gasteiger charge is 2.37. The molecule has 3 aromatic carbocycles. The van der Waals surface area contributed by atoms with Gasteiger partial charge in [0.2, 0.25) is 5.82 Å². The maximum absolute atomic E-state index is 14.7. The highest BCUT2D eigenvalue weighted by atomic mass is 19.2. The molecule has 0 atom stereocenters. The van der Waals surface area contributed by atoms with Crippen molar-refractivity contribution >= 4 is 5.69 Å². The number of nitrogens with zero attached hydrogens (tertiary/aromatic N) is 1. The van der Waals surface area contributed by atoms with Crippen molar-refractivity contribution in [1.29, 1.82) is 0 Å². The third-order valence-electron chi connectivity index (χ3n) is 4.86. The van der Waals surface area contributed by atoms with Crippen LogP contribution in [-0.2, 0) is 13.1 Å². The lowest BCUT2D eigenvalue weighted by Crippen LogP contribution is -2.20. The topological polar surface area (TPSA) is 3.24 Å². The smallest absolute Gasteiger partial charge is 0.200 e. The van der Waals surface area contributed by atoms with Crippen LogP contribution >= 0.6 is 0 Å². The van der Waals surface area contributed by atoms with Gasteiger partial charge in [0.25, 0.3) is 0 Å². The van der Waals surface area contributed by atoms with Gasteiger partial charge in [-0.05, 0) is 11.1 Å². The van der Waals surface area contributed by atoms with Crippen LogP contribution in [0, 0.1) is 52.4 Å². The third kappa shape index (κ3) is 2.73. The Morgan fingerprint density at radius 3 is 1.30 bits per heavy atom. The molecular weight excluding hydrogens is 425 g/mol. The molecule has 0 aliphatic carbocycles. The molecule has 0 spiro atoms. The van der Waals surface area contributed by atoms with Crippen molar-refractivity contribution in [2.24, 2.45) is 0 Å². The van der Waals surface area contributed by atoms with Crippen molar-refractivity contribution in [3.05, 3.63) is 87.7 Å². The lowest BCUT2D eigenvalue weighted by Gasteiger charge is -2.24. The monoisotopic (exact) mass is 433 g/mol. The number of fused-ring (bicyclic) bond motifs is 1. The van der Waals surface area contributed by atoms with Gasteiger partial charge < -0.3 is 4.90 Å². The average molecular weight is 433 g/mol. The minimum atomic E-state index is -2.53. The van der Waals surface area contributed by atoms with Crippen molar-refractivity contribution in [2.75, 3.05) is 4.90 Å². The molecule has 1 aliphatic rings. The van der Waals surface area contributed by atoms with Crippen LogP contribution in [0.15, 0.2) is 24.3 Å². The fourth-order valence-electron chi connectivity index (χ4n) is 3.46. The minimum Gasteiger partial charge on any atom is -0.360 e. The normalized spacial score (nSPS) is 13.2. The second-order valence-corrected chi connectivity index (χ2v) is 6.55. The van der Waals surface area contributed by atoms with Crippen LogP contribution in [0.4, 0.5) is 45.2 Å². The summed E-state index contributed by atoms with van der Waals surface area (Å²) in [4.78, 5) is 0.916. The Morgan fingerprint density at radius 2 is 0.833 bits per heavy atom. The lowest BCUT2D eigenvalue weighted by molar-refractivity contribution is 0.379. The molecule has 0 bridgehead atoms. The zero-order chi connectivity index (χ0) is 21.9. The van der Waals surface area contributed by atoms with Gasteiger partial charge in [-0.25, -0.2) is 39.5 Å². The van der Waals surface area contributed by atoms with E-state index in [2.05, 4.69) is 0 Å². The zero-order valence-electron chi connectivity index (χ0n) is 14.6. The van der Waals surface area contributed by atoms with E-state index in [-0.39, 0.29) is 13.1 Å². The van der Waals surface area contributed by atoms with Crippen molar-refractivity contribution in [3.8, 4) is 11.1 Å². The van der Waals surface area contributed by atoms with Gasteiger partial charge in [-0.15, -0.1) is 0 Å². The Labute approximate surface area is 163 Å². The molecule has 0 aromatic heterocycles. The van der Waals surface area contributed by atoms with Crippen LogP contribution in [0.25, 0.3) is 11.1 Å². The standard InChI is InChI=1S/C20H8F9N/c21-11-9(12(22)15(25)17(27)14(11)24)10-13(23)16(26)18(28)19(29)20(10)30-5-7-3-1-2-4-8(7)6-30/h1-4H,5-6H2. The van der Waals surface area contributed by atoms with Gasteiger partial charge in [0.05, 0.1) is 16.8 Å². The van der Waals surface area contributed by atoms with Crippen molar-refractivity contribution in [2.45, 2.75) is 13.1 Å². The summed E-state index contributed by atoms with van der Waals surface area (Å²) in [6.45, 7) is -0.417. The van der Waals surface area contributed by atoms with Crippen LogP contribution in [-0.4, -0.2) is 0 Å². The summed E-state index contributed by atoms with van der Waals surface area (Å²) in [5.41, 5.74) is -3.54. The highest BCUT2D eigenvalue weighted by molar-refractivity contribution is 5.81. The quantitative estimate of drug-likeness (QED) is 0.267. The Balaban J connectivity index is 2.06. The van der Waals surface area contributed by atoms with Gasteiger partial charge >= 0.3 is 0 Å². The first-order valence-corrected chi connectivity index (χ1v) is 8.34. The molecule has 156 valence electrons. The summed E-state index contributed by atoms with van der Waals surface area (Å²) in [7, 11) is 0. The highest BCUT2D eigenvalue weighted by Crippen LogP contribution is 2.44. The van der Waals surface area contributed by atoms with Gasteiger partial charge in [-0.3, -0.25) is 0 Å². The van der Waals surface area contributed by atoms with Gasteiger partial charge in [0.15, 0.2) is 46.5 Å². The average Bonchev–Trinajstić information content (AvgIpc) is 3.16. The van der Waals surface area contributed by atoms with Gasteiger partial charge in [-0.2, -0.15) is 0 Å². The summed E-state index contributed by atoms with van der Waals surface area (Å²) in [5.74, 6) is -21.5. The zero-order valence-corrected chi connectivity index (χ0v) is 14.6. The fourth-order valence-corrected chi connectivity index (χ4v) is 3.46. The van der Waals surface area contributed by atoms with E-state index < -0.39 is 69.2 Å². The molecule has 3 aromatic rings. The predicted octanol–water partition coefficient (Wildman–Crippen LogP) is 6.13. The number of hydrogen-bond donors (Lipinski definition) is 0. The van der Waals surface area contributed by atoms with Crippen LogP contribution in [0.5, 0.6) is 0 Å². The maximum Gasteiger partial charge on any atom is 0.200 e. The molecule has 30 heavy (non-hydrogen) atoms. The summed E-state index contributed by atoms with van der Waals surface area (Å²) < 4.78 is 126.